The summed E-state index contributed by atoms with van der Waals surface area (Å²) in [6.45, 7) is 1.65. The summed E-state index contributed by atoms with van der Waals surface area (Å²) in [6.07, 6.45) is 4.60. The summed E-state index contributed by atoms with van der Waals surface area (Å²) in [5.74, 6) is 2.25. The molecular formula is C9H11P. The van der Waals surface area contributed by atoms with Gasteiger partial charge in [-0.2, -0.15) is 0 Å². The minimum atomic E-state index is 1.24. The van der Waals surface area contributed by atoms with Crippen molar-refractivity contribution in [3.05, 3.63) is 30.3 Å². The maximum atomic E-state index is 4.60. The molecule has 52 valence electrons. The second-order valence-electron chi connectivity index (χ2n) is 1.70. The summed E-state index contributed by atoms with van der Waals surface area (Å²) in [5.41, 5.74) is 0. The molecule has 0 N–H and O–H groups in total. The van der Waals surface area contributed by atoms with E-state index >= 15 is 0 Å². The SMILES string of the molecule is C#CC.Pc1ccccc1. The highest BCUT2D eigenvalue weighted by atomic mass is 31.0. The van der Waals surface area contributed by atoms with E-state index in [1.165, 1.54) is 5.30 Å². The topological polar surface area (TPSA) is 0 Å². The largest absolute Gasteiger partial charge is 0.120 e. The third-order valence-corrected chi connectivity index (χ3v) is 1.18. The summed E-state index contributed by atoms with van der Waals surface area (Å²) >= 11 is 0. The Kier molecular flexibility index (Phi) is 5.83. The van der Waals surface area contributed by atoms with Crippen LogP contribution in [-0.4, -0.2) is 0 Å². The van der Waals surface area contributed by atoms with Crippen molar-refractivity contribution >= 4 is 14.5 Å². The minimum Gasteiger partial charge on any atom is -0.120 e. The normalized spacial score (nSPS) is 6.90. The van der Waals surface area contributed by atoms with E-state index in [0.29, 0.717) is 0 Å². The van der Waals surface area contributed by atoms with Gasteiger partial charge in [-0.05, 0) is 12.2 Å². The van der Waals surface area contributed by atoms with Crippen LogP contribution in [0.25, 0.3) is 0 Å². The number of rotatable bonds is 0. The fourth-order valence-electron chi connectivity index (χ4n) is 0.453. The summed E-state index contributed by atoms with van der Waals surface area (Å²) in [4.78, 5) is 0. The van der Waals surface area contributed by atoms with Crippen LogP contribution in [0.5, 0.6) is 0 Å². The van der Waals surface area contributed by atoms with Crippen LogP contribution in [-0.2, 0) is 0 Å². The molecule has 0 nitrogen and oxygen atoms in total. The van der Waals surface area contributed by atoms with Gasteiger partial charge in [0.2, 0.25) is 0 Å². The fraction of sp³-hybridized carbons (Fsp3) is 0.111. The first kappa shape index (κ1) is 9.21. The third-order valence-electron chi connectivity index (χ3n) is 0.800. The maximum absolute atomic E-state index is 4.60. The molecule has 1 unspecified atom stereocenters. The van der Waals surface area contributed by atoms with E-state index in [9.17, 15) is 0 Å². The van der Waals surface area contributed by atoms with Crippen molar-refractivity contribution in [3.8, 4) is 12.3 Å². The van der Waals surface area contributed by atoms with E-state index in [0.717, 1.165) is 0 Å². The quantitative estimate of drug-likeness (QED) is 0.391. The Labute approximate surface area is 64.9 Å². The Morgan fingerprint density at radius 3 is 1.90 bits per heavy atom. The molecule has 0 amide bonds. The van der Waals surface area contributed by atoms with Crippen LogP contribution in [0.15, 0.2) is 30.3 Å². The van der Waals surface area contributed by atoms with Gasteiger partial charge in [0.05, 0.1) is 0 Å². The van der Waals surface area contributed by atoms with Gasteiger partial charge in [0.15, 0.2) is 0 Å². The van der Waals surface area contributed by atoms with Crippen LogP contribution in [0.2, 0.25) is 0 Å². The molecule has 0 saturated carbocycles. The van der Waals surface area contributed by atoms with Crippen LogP contribution in [0.1, 0.15) is 6.92 Å². The maximum Gasteiger partial charge on any atom is -0.00297 e. The van der Waals surface area contributed by atoms with E-state index < -0.39 is 0 Å². The van der Waals surface area contributed by atoms with Crippen molar-refractivity contribution in [2.45, 2.75) is 6.92 Å². The minimum absolute atomic E-state index is 1.24. The number of hydrogen-bond donors (Lipinski definition) is 0. The zero-order chi connectivity index (χ0) is 7.82. The Morgan fingerprint density at radius 1 is 1.30 bits per heavy atom. The summed E-state index contributed by atoms with van der Waals surface area (Å²) in [7, 11) is 2.63. The highest BCUT2D eigenvalue weighted by Gasteiger charge is 1.72. The lowest BCUT2D eigenvalue weighted by atomic mass is 10.4. The molecule has 1 aromatic carbocycles. The van der Waals surface area contributed by atoms with E-state index in [1.54, 1.807) is 6.92 Å². The van der Waals surface area contributed by atoms with Crippen molar-refractivity contribution in [2.75, 3.05) is 0 Å². The molecule has 0 aliphatic rings. The van der Waals surface area contributed by atoms with Gasteiger partial charge >= 0.3 is 0 Å². The number of hydrogen-bond acceptors (Lipinski definition) is 0. The predicted octanol–water partition coefficient (Wildman–Crippen LogP) is 1.83. The molecule has 0 aromatic heterocycles. The van der Waals surface area contributed by atoms with Crippen LogP contribution in [0.3, 0.4) is 0 Å². The summed E-state index contributed by atoms with van der Waals surface area (Å²) in [6, 6.07) is 10.1. The lowest BCUT2D eigenvalue weighted by Gasteiger charge is -1.82. The molecular weight excluding hydrogens is 139 g/mol. The molecule has 0 aliphatic heterocycles. The lowest BCUT2D eigenvalue weighted by Crippen LogP contribution is -1.82. The van der Waals surface area contributed by atoms with Crippen molar-refractivity contribution < 1.29 is 0 Å². The highest BCUT2D eigenvalue weighted by molar-refractivity contribution is 7.27. The monoisotopic (exact) mass is 150 g/mol. The molecule has 0 radical (unpaired) electrons. The molecule has 10 heavy (non-hydrogen) atoms. The highest BCUT2D eigenvalue weighted by Crippen LogP contribution is 1.86. The molecule has 1 rings (SSSR count). The molecule has 1 aromatic rings. The standard InChI is InChI=1S/C6H7P.C3H4/c7-6-4-2-1-3-5-6;1-3-2/h1-5H,7H2;1H,2H3. The van der Waals surface area contributed by atoms with Crippen LogP contribution < -0.4 is 5.30 Å². The van der Waals surface area contributed by atoms with Gasteiger partial charge < -0.3 is 0 Å². The van der Waals surface area contributed by atoms with Crippen molar-refractivity contribution in [1.82, 2.24) is 0 Å². The van der Waals surface area contributed by atoms with Crippen molar-refractivity contribution in [1.29, 1.82) is 0 Å². The first-order valence-electron chi connectivity index (χ1n) is 2.99. The van der Waals surface area contributed by atoms with E-state index in [2.05, 4.69) is 21.6 Å². The number of benzene rings is 1. The Balaban J connectivity index is 0.000000236. The molecule has 0 bridgehead atoms. The van der Waals surface area contributed by atoms with Gasteiger partial charge in [-0.3, -0.25) is 0 Å². The predicted molar refractivity (Wildman–Crippen MR) is 50.3 cm³/mol. The molecule has 0 spiro atoms. The zero-order valence-corrected chi connectivity index (χ0v) is 7.20. The summed E-state index contributed by atoms with van der Waals surface area (Å²) in [5, 5.41) is 1.24. The number of terminal acetylenes is 1. The average molecular weight is 150 g/mol. The van der Waals surface area contributed by atoms with Crippen LogP contribution >= 0.6 is 9.24 Å². The van der Waals surface area contributed by atoms with Crippen molar-refractivity contribution in [2.24, 2.45) is 0 Å². The Morgan fingerprint density at radius 2 is 1.70 bits per heavy atom. The van der Waals surface area contributed by atoms with E-state index in [4.69, 9.17) is 0 Å². The summed E-state index contributed by atoms with van der Waals surface area (Å²) < 4.78 is 0. The first-order chi connectivity index (χ1) is 4.81. The average Bonchev–Trinajstić information content (AvgIpc) is 1.91. The van der Waals surface area contributed by atoms with Gasteiger partial charge in [0.25, 0.3) is 0 Å². The fourth-order valence-corrected chi connectivity index (χ4v) is 0.675. The zero-order valence-electron chi connectivity index (χ0n) is 6.04. The smallest absolute Gasteiger partial charge is 0.00297 e. The van der Waals surface area contributed by atoms with Crippen molar-refractivity contribution in [3.63, 3.8) is 0 Å². The second-order valence-corrected chi connectivity index (χ2v) is 2.37. The van der Waals surface area contributed by atoms with Gasteiger partial charge in [-0.1, -0.05) is 30.3 Å². The van der Waals surface area contributed by atoms with Gasteiger partial charge in [0, 0.05) is 0 Å². The molecule has 0 saturated heterocycles. The Hall–Kier alpha value is -0.790. The van der Waals surface area contributed by atoms with Gasteiger partial charge in [-0.15, -0.1) is 21.6 Å². The second kappa shape index (κ2) is 6.33. The first-order valence-corrected chi connectivity index (χ1v) is 3.57. The molecule has 0 aliphatic carbocycles. The van der Waals surface area contributed by atoms with E-state index in [-0.39, 0.29) is 0 Å². The van der Waals surface area contributed by atoms with Crippen LogP contribution in [0, 0.1) is 12.3 Å². The molecule has 0 heterocycles. The van der Waals surface area contributed by atoms with E-state index in [1.807, 2.05) is 30.3 Å². The molecule has 1 heteroatoms. The Bertz CT molecular complexity index is 196. The van der Waals surface area contributed by atoms with Gasteiger partial charge in [-0.25, -0.2) is 0 Å². The molecule has 0 fully saturated rings. The lowest BCUT2D eigenvalue weighted by molar-refractivity contribution is 1.78. The molecule has 1 atom stereocenters. The van der Waals surface area contributed by atoms with Crippen LogP contribution in [0.4, 0.5) is 0 Å². The third kappa shape index (κ3) is 5.35. The van der Waals surface area contributed by atoms with Gasteiger partial charge in [0.1, 0.15) is 0 Å².